The van der Waals surface area contributed by atoms with Gasteiger partial charge >= 0.3 is 0 Å². The zero-order valence-corrected chi connectivity index (χ0v) is 14.5. The van der Waals surface area contributed by atoms with Gasteiger partial charge in [0, 0.05) is 36.1 Å². The number of amides is 1. The first-order valence-corrected chi connectivity index (χ1v) is 8.59. The number of hydrogen-bond donors (Lipinski definition) is 3. The van der Waals surface area contributed by atoms with Gasteiger partial charge in [-0.05, 0) is 42.0 Å². The number of hydrazine groups is 1. The molecule has 2 unspecified atom stereocenters. The monoisotopic (exact) mass is 368 g/mol. The van der Waals surface area contributed by atoms with Gasteiger partial charge in [0.2, 0.25) is 0 Å². The molecule has 2 aromatic heterocycles. The minimum Gasteiger partial charge on any atom is -0.335 e. The summed E-state index contributed by atoms with van der Waals surface area (Å²) in [6.45, 7) is 0. The number of halogens is 1. The van der Waals surface area contributed by atoms with Gasteiger partial charge in [-0.15, -0.1) is 0 Å². The van der Waals surface area contributed by atoms with Crippen LogP contribution >= 0.6 is 11.6 Å². The number of carbonyl (C=O) groups is 1. The molecule has 3 heterocycles. The number of hydrogen-bond acceptors (Lipinski definition) is 5. The van der Waals surface area contributed by atoms with Gasteiger partial charge in [-0.25, -0.2) is 15.5 Å². The Kier molecular flexibility index (Phi) is 4.66. The minimum absolute atomic E-state index is 0.125. The summed E-state index contributed by atoms with van der Waals surface area (Å²) >= 11 is 5.90. The van der Waals surface area contributed by atoms with E-state index < -0.39 is 0 Å². The molecule has 3 aromatic rings. The molecule has 1 aliphatic rings. The van der Waals surface area contributed by atoms with E-state index in [9.17, 15) is 4.79 Å². The van der Waals surface area contributed by atoms with Crippen LogP contribution in [0.15, 0.2) is 61.2 Å². The lowest BCUT2D eigenvalue weighted by molar-refractivity contribution is 0.0932. The zero-order chi connectivity index (χ0) is 17.9. The molecule has 26 heavy (non-hydrogen) atoms. The topological polar surface area (TPSA) is 83.9 Å². The van der Waals surface area contributed by atoms with Crippen molar-refractivity contribution in [3.63, 3.8) is 0 Å². The molecule has 8 heteroatoms. The summed E-state index contributed by atoms with van der Waals surface area (Å²) in [5, 5.41) is 7.87. The van der Waals surface area contributed by atoms with E-state index in [0.717, 1.165) is 17.7 Å². The van der Waals surface area contributed by atoms with E-state index in [2.05, 4.69) is 26.3 Å². The zero-order valence-electron chi connectivity index (χ0n) is 13.8. The molecule has 0 saturated carbocycles. The van der Waals surface area contributed by atoms with Crippen LogP contribution in [0.5, 0.6) is 0 Å². The summed E-state index contributed by atoms with van der Waals surface area (Å²) in [5.41, 5.74) is 8.76. The van der Waals surface area contributed by atoms with Gasteiger partial charge in [-0.2, -0.15) is 5.10 Å². The first-order valence-electron chi connectivity index (χ1n) is 8.21. The number of benzene rings is 1. The van der Waals surface area contributed by atoms with Crippen molar-refractivity contribution in [3.8, 4) is 5.69 Å². The highest BCUT2D eigenvalue weighted by Gasteiger charge is 2.26. The molecule has 132 valence electrons. The second kappa shape index (κ2) is 7.25. The number of pyridine rings is 1. The Labute approximate surface area is 155 Å². The highest BCUT2D eigenvalue weighted by atomic mass is 35.5. The van der Waals surface area contributed by atoms with E-state index in [1.165, 1.54) is 0 Å². The summed E-state index contributed by atoms with van der Waals surface area (Å²) < 4.78 is 1.64. The van der Waals surface area contributed by atoms with E-state index >= 15 is 0 Å². The fourth-order valence-corrected chi connectivity index (χ4v) is 3.01. The normalized spacial score (nSPS) is 19.4. The first-order chi connectivity index (χ1) is 12.7. The largest absolute Gasteiger partial charge is 0.335 e. The van der Waals surface area contributed by atoms with E-state index in [4.69, 9.17) is 11.6 Å². The fourth-order valence-electron chi connectivity index (χ4n) is 2.88. The predicted molar refractivity (Wildman–Crippen MR) is 97.7 cm³/mol. The molecule has 1 aromatic carbocycles. The van der Waals surface area contributed by atoms with Gasteiger partial charge in [0.15, 0.2) is 0 Å². The van der Waals surface area contributed by atoms with Crippen molar-refractivity contribution in [2.75, 3.05) is 0 Å². The quantitative estimate of drug-likeness (QED) is 0.657. The standard InChI is InChI=1S/C18H17ClN6O/c19-14-1-3-15(4-2-14)25-11-13(10-21-25)18(26)22-17-9-16(23-24-17)12-5-7-20-8-6-12/h1-8,10-11,16-17,23-24H,9H2,(H,22,26). The lowest BCUT2D eigenvalue weighted by Crippen LogP contribution is -2.44. The Morgan fingerprint density at radius 1 is 1.15 bits per heavy atom. The smallest absolute Gasteiger partial charge is 0.255 e. The van der Waals surface area contributed by atoms with Crippen molar-refractivity contribution in [3.05, 3.63) is 77.3 Å². The molecule has 1 saturated heterocycles. The Hall–Kier alpha value is -2.74. The third-order valence-corrected chi connectivity index (χ3v) is 4.50. The molecule has 0 bridgehead atoms. The molecular formula is C18H17ClN6O. The maximum Gasteiger partial charge on any atom is 0.255 e. The van der Waals surface area contributed by atoms with E-state index in [-0.39, 0.29) is 18.1 Å². The minimum atomic E-state index is -0.181. The number of rotatable bonds is 4. The van der Waals surface area contributed by atoms with Gasteiger partial charge in [0.05, 0.1) is 23.6 Å². The molecule has 1 aliphatic heterocycles. The van der Waals surface area contributed by atoms with Crippen molar-refractivity contribution >= 4 is 17.5 Å². The molecular weight excluding hydrogens is 352 g/mol. The molecule has 1 amide bonds. The lowest BCUT2D eigenvalue weighted by Gasteiger charge is -2.11. The summed E-state index contributed by atoms with van der Waals surface area (Å²) in [4.78, 5) is 16.5. The van der Waals surface area contributed by atoms with Crippen LogP contribution in [0.25, 0.3) is 5.69 Å². The molecule has 7 nitrogen and oxygen atoms in total. The van der Waals surface area contributed by atoms with E-state index in [1.54, 1.807) is 41.6 Å². The van der Waals surface area contributed by atoms with Crippen molar-refractivity contribution in [1.29, 1.82) is 0 Å². The van der Waals surface area contributed by atoms with Crippen molar-refractivity contribution in [2.45, 2.75) is 18.6 Å². The lowest BCUT2D eigenvalue weighted by atomic mass is 10.1. The van der Waals surface area contributed by atoms with Gasteiger partial charge in [0.25, 0.3) is 5.91 Å². The molecule has 0 radical (unpaired) electrons. The summed E-state index contributed by atoms with van der Waals surface area (Å²) in [6.07, 6.45) is 7.33. The van der Waals surface area contributed by atoms with Gasteiger partial charge in [0.1, 0.15) is 0 Å². The Morgan fingerprint density at radius 3 is 2.69 bits per heavy atom. The van der Waals surface area contributed by atoms with Crippen molar-refractivity contribution in [1.82, 2.24) is 30.9 Å². The maximum absolute atomic E-state index is 12.5. The molecule has 2 atom stereocenters. The molecule has 1 fully saturated rings. The maximum atomic E-state index is 12.5. The number of aromatic nitrogens is 3. The number of nitrogens with zero attached hydrogens (tertiary/aromatic N) is 3. The van der Waals surface area contributed by atoms with Crippen LogP contribution in [0, 0.1) is 0 Å². The van der Waals surface area contributed by atoms with Crippen LogP contribution in [-0.4, -0.2) is 26.8 Å². The van der Waals surface area contributed by atoms with Crippen LogP contribution < -0.4 is 16.2 Å². The van der Waals surface area contributed by atoms with Crippen LogP contribution in [0.1, 0.15) is 28.4 Å². The highest BCUT2D eigenvalue weighted by Crippen LogP contribution is 2.20. The van der Waals surface area contributed by atoms with Crippen molar-refractivity contribution < 1.29 is 4.79 Å². The van der Waals surface area contributed by atoms with Crippen LogP contribution in [-0.2, 0) is 0 Å². The van der Waals surface area contributed by atoms with Crippen LogP contribution in [0.4, 0.5) is 0 Å². The number of carbonyl (C=O) groups excluding carboxylic acids is 1. The van der Waals surface area contributed by atoms with Crippen LogP contribution in [0.3, 0.4) is 0 Å². The first kappa shape index (κ1) is 16.7. The Balaban J connectivity index is 1.39. The summed E-state index contributed by atoms with van der Waals surface area (Å²) in [5.74, 6) is -0.181. The second-order valence-corrected chi connectivity index (χ2v) is 6.47. The van der Waals surface area contributed by atoms with E-state index in [1.807, 2.05) is 24.3 Å². The predicted octanol–water partition coefficient (Wildman–Crippen LogP) is 2.22. The third-order valence-electron chi connectivity index (χ3n) is 4.25. The average molecular weight is 369 g/mol. The average Bonchev–Trinajstić information content (AvgIpc) is 3.33. The summed E-state index contributed by atoms with van der Waals surface area (Å²) in [6, 6.07) is 11.3. The Morgan fingerprint density at radius 2 is 1.92 bits per heavy atom. The van der Waals surface area contributed by atoms with E-state index in [0.29, 0.717) is 10.6 Å². The molecule has 0 spiro atoms. The fraction of sp³-hybridized carbons (Fsp3) is 0.167. The number of nitrogens with one attached hydrogen (secondary N) is 3. The highest BCUT2D eigenvalue weighted by molar-refractivity contribution is 6.30. The van der Waals surface area contributed by atoms with Gasteiger partial charge < -0.3 is 5.32 Å². The van der Waals surface area contributed by atoms with Gasteiger partial charge in [-0.3, -0.25) is 9.78 Å². The van der Waals surface area contributed by atoms with Gasteiger partial charge in [-0.1, -0.05) is 11.6 Å². The van der Waals surface area contributed by atoms with Crippen LogP contribution in [0.2, 0.25) is 5.02 Å². The molecule has 4 rings (SSSR count). The second-order valence-electron chi connectivity index (χ2n) is 6.03. The molecule has 3 N–H and O–H groups in total. The Bertz CT molecular complexity index is 896. The summed E-state index contributed by atoms with van der Waals surface area (Å²) in [7, 11) is 0. The SMILES string of the molecule is O=C(NC1CC(c2ccncc2)NN1)c1cnn(-c2ccc(Cl)cc2)c1. The third kappa shape index (κ3) is 3.60. The molecule has 0 aliphatic carbocycles. The van der Waals surface area contributed by atoms with Crippen molar-refractivity contribution in [2.24, 2.45) is 0 Å².